The van der Waals surface area contributed by atoms with E-state index >= 15 is 0 Å². The number of nitrogens with zero attached hydrogens (tertiary/aromatic N) is 5. The third-order valence-corrected chi connectivity index (χ3v) is 5.61. The lowest BCUT2D eigenvalue weighted by Gasteiger charge is -2.36. The average Bonchev–Trinajstić information content (AvgIpc) is 3.02. The van der Waals surface area contributed by atoms with Crippen molar-refractivity contribution in [3.8, 4) is 0 Å². The van der Waals surface area contributed by atoms with Crippen LogP contribution in [0.15, 0.2) is 0 Å². The van der Waals surface area contributed by atoms with E-state index in [4.69, 9.17) is 4.84 Å². The highest BCUT2D eigenvalue weighted by molar-refractivity contribution is 7.15. The van der Waals surface area contributed by atoms with Crippen LogP contribution in [0.1, 0.15) is 24.3 Å². The van der Waals surface area contributed by atoms with Crippen molar-refractivity contribution < 1.29 is 9.63 Å². The van der Waals surface area contributed by atoms with Gasteiger partial charge in [0.15, 0.2) is 0 Å². The first-order chi connectivity index (χ1) is 11.2. The zero-order valence-electron chi connectivity index (χ0n) is 13.9. The highest BCUT2D eigenvalue weighted by atomic mass is 32.1. The first-order valence-electron chi connectivity index (χ1n) is 8.27. The Hall–Kier alpha value is -1.25. The Balaban J connectivity index is 1.43. The fraction of sp³-hybridized carbons (Fsp3) is 0.800. The van der Waals surface area contributed by atoms with Gasteiger partial charge in [-0.15, -0.1) is 10.2 Å². The summed E-state index contributed by atoms with van der Waals surface area (Å²) < 4.78 is 0. The van der Waals surface area contributed by atoms with Gasteiger partial charge in [-0.05, 0) is 25.7 Å². The predicted octanol–water partition coefficient (Wildman–Crippen LogP) is 1.16. The van der Waals surface area contributed by atoms with E-state index < -0.39 is 0 Å². The van der Waals surface area contributed by atoms with E-state index in [0.717, 1.165) is 62.2 Å². The maximum absolute atomic E-state index is 12.5. The SMILES string of the molecule is CON1CCC(CC(=O)N2CCN(c3nnc(C)s3)CC2)CC1. The lowest BCUT2D eigenvalue weighted by molar-refractivity contribution is -0.151. The van der Waals surface area contributed by atoms with Crippen molar-refractivity contribution in [3.63, 3.8) is 0 Å². The summed E-state index contributed by atoms with van der Waals surface area (Å²) in [7, 11) is 1.71. The smallest absolute Gasteiger partial charge is 0.222 e. The molecule has 0 bridgehead atoms. The molecule has 1 amide bonds. The first-order valence-corrected chi connectivity index (χ1v) is 9.09. The van der Waals surface area contributed by atoms with Gasteiger partial charge in [0.2, 0.25) is 11.0 Å². The average molecular weight is 339 g/mol. The van der Waals surface area contributed by atoms with E-state index in [1.165, 1.54) is 0 Å². The zero-order chi connectivity index (χ0) is 16.2. The third kappa shape index (κ3) is 4.19. The minimum absolute atomic E-state index is 0.300. The van der Waals surface area contributed by atoms with Crippen molar-refractivity contribution in [1.29, 1.82) is 0 Å². The second kappa shape index (κ2) is 7.55. The predicted molar refractivity (Wildman–Crippen MR) is 89.4 cm³/mol. The summed E-state index contributed by atoms with van der Waals surface area (Å²) in [5.74, 6) is 0.798. The molecular formula is C15H25N5O2S. The van der Waals surface area contributed by atoms with Crippen LogP contribution in [-0.2, 0) is 9.63 Å². The molecule has 2 aliphatic heterocycles. The van der Waals surface area contributed by atoms with Crippen molar-refractivity contribution in [2.24, 2.45) is 5.92 Å². The maximum Gasteiger partial charge on any atom is 0.222 e. The molecule has 0 aliphatic carbocycles. The molecule has 2 fully saturated rings. The standard InChI is InChI=1S/C15H25N5O2S/c1-12-16-17-15(23-12)19-9-7-18(8-10-19)14(21)11-13-3-5-20(22-2)6-4-13/h13H,3-11H2,1-2H3. The molecule has 8 heteroatoms. The molecule has 23 heavy (non-hydrogen) atoms. The molecule has 1 aromatic rings. The van der Waals surface area contributed by atoms with Crippen LogP contribution in [0.3, 0.4) is 0 Å². The van der Waals surface area contributed by atoms with Gasteiger partial charge in [0.05, 0.1) is 7.11 Å². The van der Waals surface area contributed by atoms with Gasteiger partial charge in [-0.25, -0.2) is 0 Å². The summed E-state index contributed by atoms with van der Waals surface area (Å²) in [5, 5.41) is 12.2. The van der Waals surface area contributed by atoms with E-state index in [1.54, 1.807) is 18.4 Å². The summed E-state index contributed by atoms with van der Waals surface area (Å²) in [6, 6.07) is 0. The Morgan fingerprint density at radius 1 is 1.17 bits per heavy atom. The van der Waals surface area contributed by atoms with Crippen LogP contribution in [0.2, 0.25) is 0 Å². The molecule has 0 saturated carbocycles. The third-order valence-electron chi connectivity index (χ3n) is 4.71. The quantitative estimate of drug-likeness (QED) is 0.820. The fourth-order valence-electron chi connectivity index (χ4n) is 3.23. The van der Waals surface area contributed by atoms with Crippen LogP contribution in [0.25, 0.3) is 0 Å². The largest absolute Gasteiger partial charge is 0.343 e. The number of piperidine rings is 1. The summed E-state index contributed by atoms with van der Waals surface area (Å²) in [6.07, 6.45) is 2.77. The van der Waals surface area contributed by atoms with Crippen LogP contribution in [0, 0.1) is 12.8 Å². The summed E-state index contributed by atoms with van der Waals surface area (Å²) in [5.41, 5.74) is 0. The van der Waals surface area contributed by atoms with E-state index in [1.807, 2.05) is 16.9 Å². The van der Waals surface area contributed by atoms with Crippen molar-refractivity contribution in [1.82, 2.24) is 20.2 Å². The molecule has 2 aliphatic rings. The number of carbonyl (C=O) groups excluding carboxylic acids is 1. The number of rotatable bonds is 4. The lowest BCUT2D eigenvalue weighted by Crippen LogP contribution is -2.49. The molecule has 0 N–H and O–H groups in total. The van der Waals surface area contributed by atoms with E-state index in [0.29, 0.717) is 18.2 Å². The van der Waals surface area contributed by atoms with Gasteiger partial charge >= 0.3 is 0 Å². The van der Waals surface area contributed by atoms with Gasteiger partial charge in [0.25, 0.3) is 0 Å². The first kappa shape index (κ1) is 16.6. The number of aromatic nitrogens is 2. The van der Waals surface area contributed by atoms with Crippen molar-refractivity contribution in [2.45, 2.75) is 26.2 Å². The van der Waals surface area contributed by atoms with Crippen LogP contribution >= 0.6 is 11.3 Å². The Kier molecular flexibility index (Phi) is 5.45. The highest BCUT2D eigenvalue weighted by Gasteiger charge is 2.27. The molecule has 3 heterocycles. The van der Waals surface area contributed by atoms with Gasteiger partial charge in [-0.3, -0.25) is 4.79 Å². The van der Waals surface area contributed by atoms with Gasteiger partial charge in [0.1, 0.15) is 5.01 Å². The second-order valence-corrected chi connectivity index (χ2v) is 7.39. The zero-order valence-corrected chi connectivity index (χ0v) is 14.7. The normalized spacial score (nSPS) is 21.0. The highest BCUT2D eigenvalue weighted by Crippen LogP contribution is 2.23. The lowest BCUT2D eigenvalue weighted by atomic mass is 9.94. The van der Waals surface area contributed by atoms with Gasteiger partial charge in [-0.1, -0.05) is 11.3 Å². The minimum atomic E-state index is 0.300. The Labute approximate surface area is 141 Å². The Morgan fingerprint density at radius 3 is 2.43 bits per heavy atom. The summed E-state index contributed by atoms with van der Waals surface area (Å²) in [4.78, 5) is 22.0. The minimum Gasteiger partial charge on any atom is -0.343 e. The molecule has 0 aromatic carbocycles. The summed E-state index contributed by atoms with van der Waals surface area (Å²) in [6.45, 7) is 7.10. The number of hydrogen-bond acceptors (Lipinski definition) is 7. The van der Waals surface area contributed by atoms with Gasteiger partial charge in [-0.2, -0.15) is 5.06 Å². The van der Waals surface area contributed by atoms with E-state index in [9.17, 15) is 4.79 Å². The van der Waals surface area contributed by atoms with Gasteiger partial charge < -0.3 is 14.6 Å². The number of amides is 1. The van der Waals surface area contributed by atoms with E-state index in [-0.39, 0.29) is 0 Å². The Bertz CT molecular complexity index is 522. The number of hydroxylamine groups is 2. The molecule has 0 radical (unpaired) electrons. The Morgan fingerprint density at radius 2 is 1.87 bits per heavy atom. The summed E-state index contributed by atoms with van der Waals surface area (Å²) >= 11 is 1.62. The number of hydrogen-bond donors (Lipinski definition) is 0. The number of carbonyl (C=O) groups is 1. The van der Waals surface area contributed by atoms with Crippen LogP contribution < -0.4 is 4.90 Å². The second-order valence-electron chi connectivity index (χ2n) is 6.23. The van der Waals surface area contributed by atoms with Crippen molar-refractivity contribution in [2.75, 3.05) is 51.3 Å². The van der Waals surface area contributed by atoms with Gasteiger partial charge in [0, 0.05) is 45.7 Å². The van der Waals surface area contributed by atoms with E-state index in [2.05, 4.69) is 15.1 Å². The number of aryl methyl sites for hydroxylation is 1. The van der Waals surface area contributed by atoms with Crippen molar-refractivity contribution >= 4 is 22.4 Å². The maximum atomic E-state index is 12.5. The molecule has 0 spiro atoms. The monoisotopic (exact) mass is 339 g/mol. The molecule has 0 unspecified atom stereocenters. The number of piperazine rings is 1. The van der Waals surface area contributed by atoms with Crippen molar-refractivity contribution in [3.05, 3.63) is 5.01 Å². The van der Waals surface area contributed by atoms with Crippen LogP contribution in [0.5, 0.6) is 0 Å². The van der Waals surface area contributed by atoms with Crippen LogP contribution in [-0.4, -0.2) is 72.4 Å². The van der Waals surface area contributed by atoms with Crippen LogP contribution in [0.4, 0.5) is 5.13 Å². The molecule has 3 rings (SSSR count). The molecule has 0 atom stereocenters. The molecular weight excluding hydrogens is 314 g/mol. The topological polar surface area (TPSA) is 61.8 Å². The molecule has 128 valence electrons. The molecule has 2 saturated heterocycles. The number of anilines is 1. The molecule has 1 aromatic heterocycles. The fourth-order valence-corrected chi connectivity index (χ4v) is 3.97. The molecule has 7 nitrogen and oxygen atoms in total.